The lowest BCUT2D eigenvalue weighted by molar-refractivity contribution is -0.145. The molecule has 2 aromatic rings. The number of nitrogens with one attached hydrogen (secondary N) is 2. The largest absolute Gasteiger partial charge is 0.481 e. The summed E-state index contributed by atoms with van der Waals surface area (Å²) in [5, 5.41) is 14.8. The zero-order valence-corrected chi connectivity index (χ0v) is 19.9. The summed E-state index contributed by atoms with van der Waals surface area (Å²) < 4.78 is 10.6. The lowest BCUT2D eigenvalue weighted by Crippen LogP contribution is -2.50. The Bertz CT molecular complexity index is 1020. The molecule has 2 amide bonds. The first-order valence-electron chi connectivity index (χ1n) is 12.1. The van der Waals surface area contributed by atoms with Crippen molar-refractivity contribution >= 4 is 18.0 Å². The summed E-state index contributed by atoms with van der Waals surface area (Å²) in [6.07, 6.45) is 2.28. The van der Waals surface area contributed by atoms with Crippen LogP contribution in [0, 0.1) is 11.8 Å². The molecule has 8 nitrogen and oxygen atoms in total. The molecule has 0 aromatic heterocycles. The lowest BCUT2D eigenvalue weighted by atomic mass is 9.76. The number of rotatable bonds is 11. The number of ether oxygens (including phenoxy) is 2. The van der Waals surface area contributed by atoms with Crippen molar-refractivity contribution in [3.8, 4) is 11.1 Å². The van der Waals surface area contributed by atoms with Crippen molar-refractivity contribution in [2.24, 2.45) is 11.8 Å². The van der Waals surface area contributed by atoms with E-state index < -0.39 is 29.9 Å². The normalized spacial score (nSPS) is 16.4. The number of carbonyl (C=O) groups is 3. The van der Waals surface area contributed by atoms with Gasteiger partial charge in [0.2, 0.25) is 5.91 Å². The molecule has 8 heteroatoms. The van der Waals surface area contributed by atoms with E-state index in [9.17, 15) is 19.5 Å². The van der Waals surface area contributed by atoms with Gasteiger partial charge in [-0.15, -0.1) is 0 Å². The third kappa shape index (κ3) is 5.65. The first kappa shape index (κ1) is 24.7. The van der Waals surface area contributed by atoms with Crippen molar-refractivity contribution in [2.75, 3.05) is 26.9 Å². The molecular weight excluding hydrogens is 448 g/mol. The van der Waals surface area contributed by atoms with Gasteiger partial charge < -0.3 is 25.2 Å². The summed E-state index contributed by atoms with van der Waals surface area (Å²) in [5.41, 5.74) is 4.47. The van der Waals surface area contributed by atoms with E-state index in [0.29, 0.717) is 0 Å². The van der Waals surface area contributed by atoms with E-state index in [1.54, 1.807) is 0 Å². The molecule has 0 heterocycles. The van der Waals surface area contributed by atoms with Gasteiger partial charge in [-0.1, -0.05) is 55.0 Å². The van der Waals surface area contributed by atoms with Crippen molar-refractivity contribution in [1.29, 1.82) is 0 Å². The third-order valence-electron chi connectivity index (χ3n) is 7.10. The van der Waals surface area contributed by atoms with Crippen LogP contribution in [0.5, 0.6) is 0 Å². The highest BCUT2D eigenvalue weighted by Crippen LogP contribution is 2.44. The Hall–Kier alpha value is -3.39. The Kier molecular flexibility index (Phi) is 8.02. The van der Waals surface area contributed by atoms with Crippen LogP contribution in [0.15, 0.2) is 48.5 Å². The van der Waals surface area contributed by atoms with Crippen LogP contribution in [0.3, 0.4) is 0 Å². The van der Waals surface area contributed by atoms with Crippen LogP contribution in [0.2, 0.25) is 0 Å². The predicted molar refractivity (Wildman–Crippen MR) is 130 cm³/mol. The maximum Gasteiger partial charge on any atom is 0.407 e. The van der Waals surface area contributed by atoms with Crippen molar-refractivity contribution in [2.45, 2.75) is 37.6 Å². The highest BCUT2D eigenvalue weighted by Gasteiger charge is 2.34. The third-order valence-corrected chi connectivity index (χ3v) is 7.10. The Balaban J connectivity index is 1.35. The zero-order valence-electron chi connectivity index (χ0n) is 19.9. The van der Waals surface area contributed by atoms with Crippen LogP contribution in [0.4, 0.5) is 4.79 Å². The topological polar surface area (TPSA) is 114 Å². The van der Waals surface area contributed by atoms with Gasteiger partial charge >= 0.3 is 12.1 Å². The van der Waals surface area contributed by atoms with Gasteiger partial charge in [0.05, 0.1) is 5.92 Å². The summed E-state index contributed by atoms with van der Waals surface area (Å²) in [4.78, 5) is 37.1. The summed E-state index contributed by atoms with van der Waals surface area (Å²) >= 11 is 0. The molecule has 2 aliphatic rings. The van der Waals surface area contributed by atoms with Gasteiger partial charge in [0.15, 0.2) is 0 Å². The van der Waals surface area contributed by atoms with Crippen LogP contribution in [0.25, 0.3) is 11.1 Å². The number of amides is 2. The van der Waals surface area contributed by atoms with Gasteiger partial charge in [0.25, 0.3) is 0 Å². The van der Waals surface area contributed by atoms with E-state index in [1.807, 2.05) is 36.4 Å². The molecule has 2 aliphatic carbocycles. The van der Waals surface area contributed by atoms with Gasteiger partial charge in [-0.3, -0.25) is 9.59 Å². The van der Waals surface area contributed by atoms with Crippen LogP contribution < -0.4 is 10.6 Å². The molecule has 2 unspecified atom stereocenters. The molecule has 35 heavy (non-hydrogen) atoms. The Morgan fingerprint density at radius 1 is 1.03 bits per heavy atom. The first-order valence-corrected chi connectivity index (χ1v) is 12.1. The Morgan fingerprint density at radius 3 is 2.20 bits per heavy atom. The zero-order chi connectivity index (χ0) is 24.8. The van der Waals surface area contributed by atoms with Crippen molar-refractivity contribution in [1.82, 2.24) is 10.6 Å². The quantitative estimate of drug-likeness (QED) is 0.453. The van der Waals surface area contributed by atoms with Crippen molar-refractivity contribution in [3.63, 3.8) is 0 Å². The molecular formula is C27H32N2O6. The van der Waals surface area contributed by atoms with Gasteiger partial charge in [-0.2, -0.15) is 0 Å². The Labute approximate surface area is 205 Å². The molecule has 3 N–H and O–H groups in total. The van der Waals surface area contributed by atoms with Crippen LogP contribution in [-0.2, 0) is 19.1 Å². The summed E-state index contributed by atoms with van der Waals surface area (Å²) in [6.45, 7) is 0.433. The van der Waals surface area contributed by atoms with E-state index >= 15 is 0 Å². The molecule has 2 aromatic carbocycles. The van der Waals surface area contributed by atoms with Crippen molar-refractivity contribution < 1.29 is 29.0 Å². The highest BCUT2D eigenvalue weighted by molar-refractivity contribution is 5.86. The molecule has 0 bridgehead atoms. The minimum absolute atomic E-state index is 0.0364. The van der Waals surface area contributed by atoms with Crippen LogP contribution in [0.1, 0.15) is 42.7 Å². The second-order valence-electron chi connectivity index (χ2n) is 9.18. The molecule has 0 radical (unpaired) electrons. The molecule has 1 fully saturated rings. The van der Waals surface area contributed by atoms with Gasteiger partial charge in [-0.05, 0) is 41.0 Å². The molecule has 1 saturated carbocycles. The number of carboxylic acid groups (broad SMARTS) is 1. The first-order chi connectivity index (χ1) is 17.0. The average molecular weight is 481 g/mol. The molecule has 0 spiro atoms. The second kappa shape index (κ2) is 11.4. The lowest BCUT2D eigenvalue weighted by Gasteiger charge is -2.31. The number of hydrogen-bond acceptors (Lipinski definition) is 5. The van der Waals surface area contributed by atoms with Crippen LogP contribution in [-0.4, -0.2) is 56.0 Å². The minimum Gasteiger partial charge on any atom is -0.481 e. The van der Waals surface area contributed by atoms with E-state index in [-0.39, 0.29) is 38.0 Å². The van der Waals surface area contributed by atoms with E-state index in [0.717, 1.165) is 41.5 Å². The fraction of sp³-hybridized carbons (Fsp3) is 0.444. The molecule has 4 rings (SSSR count). The number of alkyl carbamates (subject to hydrolysis) is 1. The number of methoxy groups -OCH3 is 1. The van der Waals surface area contributed by atoms with Gasteiger partial charge in [-0.25, -0.2) is 4.79 Å². The SMILES string of the molecule is COCCC(NC(=O)OCC1c2ccccc2-c2ccccc21)C(=O)NCC(C(=O)O)C1CCC1. The maximum atomic E-state index is 12.8. The maximum absolute atomic E-state index is 12.8. The number of carbonyl (C=O) groups excluding carboxylic acids is 2. The van der Waals surface area contributed by atoms with E-state index in [4.69, 9.17) is 9.47 Å². The molecule has 186 valence electrons. The summed E-state index contributed by atoms with van der Waals surface area (Å²) in [6, 6.07) is 15.2. The standard InChI is InChI=1S/C27H32N2O6/c1-34-14-13-24(25(30)28-15-22(26(31)32)17-7-6-8-17)29-27(33)35-16-23-20-11-4-2-9-18(20)19-10-3-5-12-21(19)23/h2-5,9-12,17,22-24H,6-8,13-16H2,1H3,(H,28,30)(H,29,33)(H,31,32). The fourth-order valence-electron chi connectivity index (χ4n) is 4.92. The fourth-order valence-corrected chi connectivity index (χ4v) is 4.92. The minimum atomic E-state index is -0.909. The van der Waals surface area contributed by atoms with Gasteiger partial charge in [0, 0.05) is 32.6 Å². The van der Waals surface area contributed by atoms with E-state index in [1.165, 1.54) is 7.11 Å². The van der Waals surface area contributed by atoms with Crippen LogP contribution >= 0.6 is 0 Å². The van der Waals surface area contributed by atoms with Crippen molar-refractivity contribution in [3.05, 3.63) is 59.7 Å². The molecule has 0 aliphatic heterocycles. The summed E-state index contributed by atoms with van der Waals surface area (Å²) in [7, 11) is 1.51. The average Bonchev–Trinajstić information content (AvgIpc) is 3.15. The highest BCUT2D eigenvalue weighted by atomic mass is 16.5. The Morgan fingerprint density at radius 2 is 1.66 bits per heavy atom. The monoisotopic (exact) mass is 480 g/mol. The number of hydrogen-bond donors (Lipinski definition) is 3. The molecule has 2 atom stereocenters. The number of fused-ring (bicyclic) bond motifs is 3. The van der Waals surface area contributed by atoms with E-state index in [2.05, 4.69) is 22.8 Å². The number of carboxylic acids is 1. The number of aliphatic carboxylic acids is 1. The predicted octanol–water partition coefficient (Wildman–Crippen LogP) is 3.55. The molecule has 0 saturated heterocycles. The smallest absolute Gasteiger partial charge is 0.407 e. The number of benzene rings is 2. The summed E-state index contributed by atoms with van der Waals surface area (Å²) in [5.74, 6) is -1.97. The van der Waals surface area contributed by atoms with Gasteiger partial charge in [0.1, 0.15) is 12.6 Å². The second-order valence-corrected chi connectivity index (χ2v) is 9.18.